The molecule has 34 heavy (non-hydrogen) atoms. The van der Waals surface area contributed by atoms with Crippen LogP contribution in [0.4, 0.5) is 21.0 Å². The summed E-state index contributed by atoms with van der Waals surface area (Å²) in [5, 5.41) is 12.8. The van der Waals surface area contributed by atoms with Crippen LogP contribution in [0.25, 0.3) is 0 Å². The third-order valence-electron chi connectivity index (χ3n) is 4.65. The molecular weight excluding hydrogens is 476 g/mol. The lowest BCUT2D eigenvalue weighted by Gasteiger charge is -2.29. The fourth-order valence-corrected chi connectivity index (χ4v) is 4.74. The summed E-state index contributed by atoms with van der Waals surface area (Å²) < 4.78 is 10.8. The second-order valence-corrected chi connectivity index (χ2v) is 11.5. The second-order valence-electron chi connectivity index (χ2n) is 9.78. The minimum absolute atomic E-state index is 0.128. The molecule has 0 radical (unpaired) electrons. The Hall–Kier alpha value is -2.31. The zero-order valence-corrected chi connectivity index (χ0v) is 22.8. The molecule has 2 heterocycles. The Bertz CT molecular complexity index is 952. The van der Waals surface area contributed by atoms with Gasteiger partial charge in [-0.1, -0.05) is 25.4 Å². The van der Waals surface area contributed by atoms with E-state index in [1.165, 1.54) is 6.07 Å². The fraction of sp³-hybridized carbons (Fsp3) is 0.625. The highest BCUT2D eigenvalue weighted by Crippen LogP contribution is 2.49. The molecule has 0 bridgehead atoms. The van der Waals surface area contributed by atoms with E-state index < -0.39 is 17.3 Å². The van der Waals surface area contributed by atoms with Gasteiger partial charge in [0.25, 0.3) is 0 Å². The van der Waals surface area contributed by atoms with Gasteiger partial charge in [-0.3, -0.25) is 5.32 Å². The lowest BCUT2D eigenvalue weighted by molar-refractivity contribution is 0.0266. The van der Waals surface area contributed by atoms with Crippen molar-refractivity contribution in [1.82, 2.24) is 4.90 Å². The maximum atomic E-state index is 12.6. The van der Waals surface area contributed by atoms with Crippen LogP contribution in [0.2, 0.25) is 5.02 Å². The van der Waals surface area contributed by atoms with Gasteiger partial charge < -0.3 is 19.3 Å². The molecule has 2 aliphatic heterocycles. The van der Waals surface area contributed by atoms with Gasteiger partial charge >= 0.3 is 12.2 Å². The largest absolute Gasteiger partial charge is 0.444 e. The molecule has 2 aliphatic rings. The van der Waals surface area contributed by atoms with Gasteiger partial charge in [-0.25, -0.2) is 9.59 Å². The third kappa shape index (κ3) is 7.60. The van der Waals surface area contributed by atoms with E-state index in [1.54, 1.807) is 43.5 Å². The number of amides is 2. The molecule has 0 aliphatic carbocycles. The predicted molar refractivity (Wildman–Crippen MR) is 138 cm³/mol. The van der Waals surface area contributed by atoms with Gasteiger partial charge in [-0.2, -0.15) is 5.26 Å². The quantitative estimate of drug-likeness (QED) is 0.481. The number of hydrogen-bond acceptors (Lipinski definition) is 7. The third-order valence-corrected chi connectivity index (χ3v) is 6.35. The Morgan fingerprint density at radius 2 is 1.74 bits per heavy atom. The number of nitriles is 1. The van der Waals surface area contributed by atoms with Gasteiger partial charge in [-0.05, 0) is 53.7 Å². The van der Waals surface area contributed by atoms with Crippen LogP contribution in [0, 0.1) is 11.3 Å². The van der Waals surface area contributed by atoms with Crippen LogP contribution in [-0.2, 0) is 9.47 Å². The smallest absolute Gasteiger partial charge is 0.412 e. The summed E-state index contributed by atoms with van der Waals surface area (Å²) in [6.45, 7) is 16.4. The van der Waals surface area contributed by atoms with E-state index in [9.17, 15) is 14.9 Å². The molecule has 188 valence electrons. The molecular formula is C24H35ClN4O4S. The average Bonchev–Trinajstić information content (AvgIpc) is 3.48. The summed E-state index contributed by atoms with van der Waals surface area (Å²) in [7, 11) is 0. The highest BCUT2D eigenvalue weighted by Gasteiger charge is 2.48. The summed E-state index contributed by atoms with van der Waals surface area (Å²) in [6.07, 6.45) is -0.985. The molecule has 2 unspecified atom stereocenters. The zero-order valence-electron chi connectivity index (χ0n) is 21.2. The lowest BCUT2D eigenvalue weighted by atomic mass is 10.1. The van der Waals surface area contributed by atoms with Gasteiger partial charge in [0.15, 0.2) is 0 Å². The van der Waals surface area contributed by atoms with Crippen molar-refractivity contribution in [3.8, 4) is 6.07 Å². The van der Waals surface area contributed by atoms with Crippen molar-refractivity contribution in [3.05, 3.63) is 22.7 Å². The Morgan fingerprint density at radius 3 is 2.29 bits per heavy atom. The summed E-state index contributed by atoms with van der Waals surface area (Å²) in [5.41, 5.74) is 0.0883. The molecule has 1 aromatic carbocycles. The van der Waals surface area contributed by atoms with E-state index in [1.807, 2.05) is 34.6 Å². The highest BCUT2D eigenvalue weighted by atomic mass is 35.5. The van der Waals surface area contributed by atoms with Gasteiger partial charge in [0.1, 0.15) is 11.2 Å². The fourth-order valence-electron chi connectivity index (χ4n) is 3.34. The second kappa shape index (κ2) is 11.0. The molecule has 0 spiro atoms. The molecule has 1 N–H and O–H groups in total. The van der Waals surface area contributed by atoms with Gasteiger partial charge in [0.2, 0.25) is 0 Å². The van der Waals surface area contributed by atoms with Gasteiger partial charge in [0, 0.05) is 19.6 Å². The van der Waals surface area contributed by atoms with E-state index in [2.05, 4.69) is 16.3 Å². The monoisotopic (exact) mass is 510 g/mol. The van der Waals surface area contributed by atoms with Crippen molar-refractivity contribution in [2.24, 2.45) is 0 Å². The molecule has 0 aromatic heterocycles. The number of halogens is 1. The minimum Gasteiger partial charge on any atom is -0.444 e. The van der Waals surface area contributed by atoms with E-state index >= 15 is 0 Å². The molecule has 1 aromatic rings. The Labute approximate surface area is 211 Å². The van der Waals surface area contributed by atoms with Crippen LogP contribution in [0.5, 0.6) is 0 Å². The van der Waals surface area contributed by atoms with Crippen molar-refractivity contribution < 1.29 is 19.1 Å². The van der Waals surface area contributed by atoms with Crippen molar-refractivity contribution in [2.75, 3.05) is 29.9 Å². The maximum absolute atomic E-state index is 12.6. The zero-order chi connectivity index (χ0) is 25.8. The summed E-state index contributed by atoms with van der Waals surface area (Å²) in [5.74, 6) is 0. The first-order valence-corrected chi connectivity index (χ1v) is 12.7. The van der Waals surface area contributed by atoms with Crippen LogP contribution in [0.3, 0.4) is 0 Å². The number of hydrogen-bond donors (Lipinski definition) is 1. The predicted octanol–water partition coefficient (Wildman–Crippen LogP) is 6.08. The molecule has 0 saturated carbocycles. The Kier molecular flexibility index (Phi) is 9.00. The number of thioether (sulfide) groups is 1. The number of benzene rings is 1. The summed E-state index contributed by atoms with van der Waals surface area (Å²) in [6, 6.07) is 5.36. The number of carbonyl (C=O) groups is 2. The van der Waals surface area contributed by atoms with Crippen molar-refractivity contribution in [3.63, 3.8) is 0 Å². The standard InChI is InChI=1S/C22H29ClN4O4S.C2H6/c1-21(2,3)30-19(28)25-14-9-13(11-24)10-15(17(14)23)27-8-7-26(12-16-18(27)32-16)20(29)31-22(4,5)6;1-2/h9-10,16,18H,7-8,12H2,1-6H3,(H,25,28);1-2H3. The maximum Gasteiger partial charge on any atom is 0.412 e. The van der Waals surface area contributed by atoms with E-state index in [-0.39, 0.29) is 16.7 Å². The average molecular weight is 511 g/mol. The first kappa shape index (κ1) is 27.9. The van der Waals surface area contributed by atoms with Crippen molar-refractivity contribution in [2.45, 2.75) is 77.2 Å². The van der Waals surface area contributed by atoms with Gasteiger partial charge in [0.05, 0.1) is 38.7 Å². The van der Waals surface area contributed by atoms with Crippen molar-refractivity contribution in [1.29, 1.82) is 5.26 Å². The number of nitrogens with zero attached hydrogens (tertiary/aromatic N) is 3. The molecule has 3 rings (SSSR count). The summed E-state index contributed by atoms with van der Waals surface area (Å²) >= 11 is 8.40. The number of ether oxygens (including phenoxy) is 2. The molecule has 2 saturated heterocycles. The SMILES string of the molecule is CC.CC(C)(C)OC(=O)Nc1cc(C#N)cc(N2CCN(C(=O)OC(C)(C)C)CC3SC32)c1Cl. The first-order valence-electron chi connectivity index (χ1n) is 11.4. The lowest BCUT2D eigenvalue weighted by Crippen LogP contribution is -2.40. The van der Waals surface area contributed by atoms with E-state index in [4.69, 9.17) is 21.1 Å². The van der Waals surface area contributed by atoms with Crippen LogP contribution in [-0.4, -0.2) is 58.5 Å². The molecule has 2 atom stereocenters. The van der Waals surface area contributed by atoms with Crippen molar-refractivity contribution >= 4 is 46.9 Å². The number of nitrogens with one attached hydrogen (secondary N) is 1. The van der Waals surface area contributed by atoms with E-state index in [0.29, 0.717) is 41.6 Å². The van der Waals surface area contributed by atoms with Crippen LogP contribution in [0.1, 0.15) is 61.0 Å². The molecule has 10 heteroatoms. The number of carbonyl (C=O) groups excluding carboxylic acids is 2. The number of fused-ring (bicyclic) bond motifs is 1. The normalized spacial score (nSPS) is 19.5. The number of rotatable bonds is 2. The van der Waals surface area contributed by atoms with Gasteiger partial charge in [-0.15, -0.1) is 11.8 Å². The molecule has 8 nitrogen and oxygen atoms in total. The summed E-state index contributed by atoms with van der Waals surface area (Å²) in [4.78, 5) is 28.7. The Balaban J connectivity index is 0.00000199. The van der Waals surface area contributed by atoms with Crippen LogP contribution >= 0.6 is 23.4 Å². The van der Waals surface area contributed by atoms with Crippen LogP contribution < -0.4 is 10.2 Å². The van der Waals surface area contributed by atoms with Crippen LogP contribution in [0.15, 0.2) is 12.1 Å². The number of anilines is 2. The Morgan fingerprint density at radius 1 is 1.12 bits per heavy atom. The first-order chi connectivity index (χ1) is 15.8. The highest BCUT2D eigenvalue weighted by molar-refractivity contribution is 8.07. The topological polar surface area (TPSA) is 94.9 Å². The van der Waals surface area contributed by atoms with E-state index in [0.717, 1.165) is 0 Å². The minimum atomic E-state index is -0.667. The molecule has 2 fully saturated rings. The molecule has 2 amide bonds.